The minimum Gasteiger partial charge on any atom is -0.374 e. The second kappa shape index (κ2) is 11.4. The highest BCUT2D eigenvalue weighted by Gasteiger charge is 2.38. The van der Waals surface area contributed by atoms with Crippen molar-refractivity contribution in [3.05, 3.63) is 65.7 Å². The molecular formula is C26H33N3O5S. The van der Waals surface area contributed by atoms with E-state index in [1.165, 1.54) is 41.1 Å². The highest BCUT2D eigenvalue weighted by atomic mass is 32.2. The predicted octanol–water partition coefficient (Wildman–Crippen LogP) is 2.45. The lowest BCUT2D eigenvalue weighted by Crippen LogP contribution is -2.54. The molecule has 2 aromatic carbocycles. The van der Waals surface area contributed by atoms with Crippen LogP contribution in [-0.2, 0) is 26.1 Å². The first-order chi connectivity index (χ1) is 16.8. The number of piperidine rings is 1. The fourth-order valence-corrected chi connectivity index (χ4v) is 6.33. The van der Waals surface area contributed by atoms with Gasteiger partial charge in [0.25, 0.3) is 0 Å². The summed E-state index contributed by atoms with van der Waals surface area (Å²) < 4.78 is 33.8. The third-order valence-corrected chi connectivity index (χ3v) is 8.52. The number of ketones is 1. The molecule has 2 unspecified atom stereocenters. The molecule has 1 amide bonds. The molecule has 35 heavy (non-hydrogen) atoms. The normalized spacial score (nSPS) is 22.0. The van der Waals surface area contributed by atoms with Crippen LogP contribution >= 0.6 is 0 Å². The van der Waals surface area contributed by atoms with E-state index in [0.29, 0.717) is 44.6 Å². The molecule has 0 spiro atoms. The lowest BCUT2D eigenvalue weighted by molar-refractivity contribution is -0.127. The Morgan fingerprint density at radius 3 is 2.49 bits per heavy atom. The van der Waals surface area contributed by atoms with Gasteiger partial charge in [0.15, 0.2) is 5.78 Å². The maximum absolute atomic E-state index is 13.3. The third-order valence-electron chi connectivity index (χ3n) is 6.60. The van der Waals surface area contributed by atoms with Crippen molar-refractivity contribution in [2.45, 2.75) is 49.8 Å². The fourth-order valence-electron chi connectivity index (χ4n) is 4.67. The molecule has 1 N–H and O–H groups in total. The summed E-state index contributed by atoms with van der Waals surface area (Å²) in [6.45, 7) is 5.01. The molecule has 2 heterocycles. The molecule has 0 aromatic heterocycles. The summed E-state index contributed by atoms with van der Waals surface area (Å²) in [6.07, 6.45) is 1.82. The van der Waals surface area contributed by atoms with Gasteiger partial charge >= 0.3 is 0 Å². The quantitative estimate of drug-likeness (QED) is 0.561. The zero-order valence-electron chi connectivity index (χ0n) is 20.1. The summed E-state index contributed by atoms with van der Waals surface area (Å²) in [6, 6.07) is 15.4. The highest BCUT2D eigenvalue weighted by Crippen LogP contribution is 2.26. The number of nitrogens with zero attached hydrogens (tertiary/aromatic N) is 2. The van der Waals surface area contributed by atoms with E-state index in [-0.39, 0.29) is 22.7 Å². The number of morpholine rings is 1. The Balaban J connectivity index is 1.37. The van der Waals surface area contributed by atoms with Crippen molar-refractivity contribution in [2.75, 3.05) is 32.8 Å². The Morgan fingerprint density at radius 2 is 1.77 bits per heavy atom. The van der Waals surface area contributed by atoms with Crippen LogP contribution in [0.3, 0.4) is 0 Å². The van der Waals surface area contributed by atoms with Gasteiger partial charge in [0, 0.05) is 38.3 Å². The summed E-state index contributed by atoms with van der Waals surface area (Å²) >= 11 is 0. The van der Waals surface area contributed by atoms with Gasteiger partial charge in [-0.25, -0.2) is 8.42 Å². The smallest absolute Gasteiger partial charge is 0.243 e. The Morgan fingerprint density at radius 1 is 1.03 bits per heavy atom. The molecule has 8 nitrogen and oxygen atoms in total. The van der Waals surface area contributed by atoms with Crippen molar-refractivity contribution < 1.29 is 22.7 Å². The third kappa shape index (κ3) is 6.35. The van der Waals surface area contributed by atoms with E-state index in [1.807, 2.05) is 18.2 Å². The number of carbonyl (C=O) groups excluding carboxylic acids is 2. The maximum Gasteiger partial charge on any atom is 0.243 e. The number of nitrogens with one attached hydrogen (secondary N) is 1. The van der Waals surface area contributed by atoms with Gasteiger partial charge in [-0.05, 0) is 37.5 Å². The van der Waals surface area contributed by atoms with Crippen LogP contribution in [0.5, 0.6) is 0 Å². The predicted molar refractivity (Wildman–Crippen MR) is 132 cm³/mol. The summed E-state index contributed by atoms with van der Waals surface area (Å²) in [7, 11) is -3.86. The topological polar surface area (TPSA) is 96.0 Å². The summed E-state index contributed by atoms with van der Waals surface area (Å²) in [5.41, 5.74) is 1.68. The Hall–Kier alpha value is -2.59. The molecule has 2 aliphatic heterocycles. The number of hydrogen-bond donors (Lipinski definition) is 1. The molecule has 2 fully saturated rings. The Bertz CT molecular complexity index is 1120. The zero-order valence-corrected chi connectivity index (χ0v) is 20.9. The van der Waals surface area contributed by atoms with Crippen LogP contribution in [-0.4, -0.2) is 74.2 Å². The molecule has 0 bridgehead atoms. The molecule has 0 aliphatic carbocycles. The molecular weight excluding hydrogens is 466 g/mol. The van der Waals surface area contributed by atoms with Gasteiger partial charge in [-0.1, -0.05) is 48.9 Å². The van der Waals surface area contributed by atoms with Gasteiger partial charge in [0.2, 0.25) is 15.9 Å². The van der Waals surface area contributed by atoms with Crippen LogP contribution in [0, 0.1) is 0 Å². The number of sulfonamides is 1. The number of carbonyl (C=O) groups is 2. The van der Waals surface area contributed by atoms with Crippen LogP contribution in [0.25, 0.3) is 0 Å². The monoisotopic (exact) mass is 499 g/mol. The van der Waals surface area contributed by atoms with E-state index in [0.717, 1.165) is 19.5 Å². The number of Topliss-reactive ketones (excluding diaryl/α,β-unsaturated/α-hetero) is 1. The molecule has 188 valence electrons. The number of amides is 1. The van der Waals surface area contributed by atoms with Crippen molar-refractivity contribution in [1.82, 2.24) is 14.5 Å². The molecule has 0 radical (unpaired) electrons. The van der Waals surface area contributed by atoms with Gasteiger partial charge in [-0.2, -0.15) is 4.31 Å². The van der Waals surface area contributed by atoms with Gasteiger partial charge < -0.3 is 10.1 Å². The summed E-state index contributed by atoms with van der Waals surface area (Å²) in [5, 5.41) is 2.94. The van der Waals surface area contributed by atoms with E-state index in [1.54, 1.807) is 0 Å². The second-order valence-electron chi connectivity index (χ2n) is 9.17. The molecule has 2 saturated heterocycles. The van der Waals surface area contributed by atoms with Crippen molar-refractivity contribution in [3.8, 4) is 0 Å². The van der Waals surface area contributed by atoms with Gasteiger partial charge in [-0.3, -0.25) is 14.5 Å². The lowest BCUT2D eigenvalue weighted by Gasteiger charge is -2.35. The molecule has 0 saturated carbocycles. The number of hydrogen-bond acceptors (Lipinski definition) is 6. The minimum atomic E-state index is -3.86. The number of ether oxygens (including phenoxy) is 1. The van der Waals surface area contributed by atoms with Crippen molar-refractivity contribution >= 4 is 21.7 Å². The van der Waals surface area contributed by atoms with Crippen molar-refractivity contribution in [3.63, 3.8) is 0 Å². The lowest BCUT2D eigenvalue weighted by atomic mass is 10.0. The zero-order chi connectivity index (χ0) is 24.8. The minimum absolute atomic E-state index is 0.0920. The fraction of sp³-hybridized carbons (Fsp3) is 0.462. The standard InChI is InChI=1S/C26H33N3O5S/c1-20(30)22-10-12-24(13-11-22)35(32,33)29-14-6-5-9-25(29)26(31)27-17-23-19-28(15-16-34-23)18-21-7-3-2-4-8-21/h2-4,7-8,10-13,23,25H,5-6,9,14-19H2,1H3,(H,27,31). The first-order valence-electron chi connectivity index (χ1n) is 12.1. The van der Waals surface area contributed by atoms with Crippen LogP contribution in [0.2, 0.25) is 0 Å². The van der Waals surface area contributed by atoms with Gasteiger partial charge in [0.05, 0.1) is 17.6 Å². The average Bonchev–Trinajstić information content (AvgIpc) is 2.88. The van der Waals surface area contributed by atoms with Gasteiger partial charge in [-0.15, -0.1) is 0 Å². The van der Waals surface area contributed by atoms with Crippen molar-refractivity contribution in [1.29, 1.82) is 0 Å². The van der Waals surface area contributed by atoms with Crippen LogP contribution in [0.1, 0.15) is 42.1 Å². The van der Waals surface area contributed by atoms with E-state index in [9.17, 15) is 18.0 Å². The molecule has 9 heteroatoms. The van der Waals surface area contributed by atoms with Crippen LogP contribution in [0.4, 0.5) is 0 Å². The Kier molecular flexibility index (Phi) is 8.33. The molecule has 2 aromatic rings. The highest BCUT2D eigenvalue weighted by molar-refractivity contribution is 7.89. The first-order valence-corrected chi connectivity index (χ1v) is 13.6. The Labute approximate surface area is 207 Å². The average molecular weight is 500 g/mol. The van der Waals surface area contributed by atoms with Crippen LogP contribution in [0.15, 0.2) is 59.5 Å². The van der Waals surface area contributed by atoms with E-state index < -0.39 is 16.1 Å². The second-order valence-corrected chi connectivity index (χ2v) is 11.1. The molecule has 2 atom stereocenters. The number of benzene rings is 2. The van der Waals surface area contributed by atoms with E-state index in [4.69, 9.17) is 4.74 Å². The van der Waals surface area contributed by atoms with Crippen molar-refractivity contribution in [2.24, 2.45) is 0 Å². The summed E-state index contributed by atoms with van der Waals surface area (Å²) in [5.74, 6) is -0.422. The van der Waals surface area contributed by atoms with E-state index in [2.05, 4.69) is 22.3 Å². The van der Waals surface area contributed by atoms with Gasteiger partial charge in [0.1, 0.15) is 6.04 Å². The number of rotatable bonds is 8. The maximum atomic E-state index is 13.3. The van der Waals surface area contributed by atoms with E-state index >= 15 is 0 Å². The molecule has 2 aliphatic rings. The first kappa shape index (κ1) is 25.5. The SMILES string of the molecule is CC(=O)c1ccc(S(=O)(=O)N2CCCCC2C(=O)NCC2CN(Cc3ccccc3)CCO2)cc1. The summed E-state index contributed by atoms with van der Waals surface area (Å²) in [4.78, 5) is 27.0. The molecule has 4 rings (SSSR count). The van der Waals surface area contributed by atoms with Crippen LogP contribution < -0.4 is 5.32 Å². The largest absolute Gasteiger partial charge is 0.374 e.